The number of benzene rings is 2. The molecule has 2 N–H and O–H groups in total. The second-order valence-electron chi connectivity index (χ2n) is 13.6. The number of carbonyl (C=O) groups excluding carboxylic acids is 4. The minimum atomic E-state index is -2.40. The number of nitrogens with zero attached hydrogens (tertiary/aromatic N) is 3. The van der Waals surface area contributed by atoms with Crippen LogP contribution < -0.4 is 5.32 Å². The molecule has 0 aromatic heterocycles. The van der Waals surface area contributed by atoms with Crippen molar-refractivity contribution in [2.75, 3.05) is 12.3 Å². The molecule has 16 nitrogen and oxygen atoms in total. The number of esters is 1. The van der Waals surface area contributed by atoms with Crippen molar-refractivity contribution in [3.05, 3.63) is 79.9 Å². The number of likely N-dealkylation sites (tertiary alicyclic amines) is 1. The minimum absolute atomic E-state index is 0.0642. The van der Waals surface area contributed by atoms with Crippen molar-refractivity contribution in [1.29, 1.82) is 0 Å². The number of thioether (sulfide) groups is 1. The van der Waals surface area contributed by atoms with Crippen molar-refractivity contribution in [2.24, 2.45) is 5.92 Å². The maximum atomic E-state index is 13.7. The van der Waals surface area contributed by atoms with E-state index in [2.05, 4.69) is 5.32 Å². The molecular formula is C33H44N4O12SSi. The van der Waals surface area contributed by atoms with Gasteiger partial charge in [-0.15, -0.1) is 11.8 Å². The Kier molecular flexibility index (Phi) is 13.8. The van der Waals surface area contributed by atoms with Crippen LogP contribution in [-0.4, -0.2) is 87.8 Å². The number of rotatable bonds is 17. The van der Waals surface area contributed by atoms with Gasteiger partial charge in [0.15, 0.2) is 8.32 Å². The van der Waals surface area contributed by atoms with Gasteiger partial charge >= 0.3 is 12.1 Å². The zero-order chi connectivity index (χ0) is 38.3. The van der Waals surface area contributed by atoms with Gasteiger partial charge in [0.25, 0.3) is 11.4 Å². The number of ether oxygens (including phenoxy) is 2. The molecular weight excluding hydrogens is 705 g/mol. The highest BCUT2D eigenvalue weighted by molar-refractivity contribution is 8.00. The summed E-state index contributed by atoms with van der Waals surface area (Å²) in [7, 11) is -2.40. The van der Waals surface area contributed by atoms with Crippen LogP contribution in [-0.2, 0) is 41.5 Å². The van der Waals surface area contributed by atoms with E-state index in [1.165, 1.54) is 55.5 Å². The van der Waals surface area contributed by atoms with Crippen LogP contribution in [0.2, 0.25) is 18.1 Å². The molecule has 278 valence electrons. The Morgan fingerprint density at radius 1 is 0.961 bits per heavy atom. The van der Waals surface area contributed by atoms with E-state index in [-0.39, 0.29) is 47.7 Å². The third kappa shape index (κ3) is 10.6. The van der Waals surface area contributed by atoms with Crippen LogP contribution in [0, 0.1) is 26.1 Å². The van der Waals surface area contributed by atoms with E-state index >= 15 is 0 Å². The first-order chi connectivity index (χ1) is 23.7. The van der Waals surface area contributed by atoms with Crippen molar-refractivity contribution >= 4 is 55.2 Å². The summed E-state index contributed by atoms with van der Waals surface area (Å²) < 4.78 is 16.9. The summed E-state index contributed by atoms with van der Waals surface area (Å²) in [6, 6.07) is 9.84. The molecule has 1 aliphatic heterocycles. The standard InChI is InChI=1S/C33H44N4O12SSi/c1-20(38)28(50-17-16-34-32(42)48-19-23-10-14-25(15-11-23)37(45)46)27-26(21(2)49-51(6,7)33(3,4)5)29(39)35(27)30(40)31(41)47-18-22-8-12-24(13-9-22)36(43)44/h8-15,21,26-28,30,40H,16-19H2,1-7H3,(H,34,42)/t21-,26-,27-,28?,30?/m1/s1. The maximum absolute atomic E-state index is 13.7. The lowest BCUT2D eigenvalue weighted by Gasteiger charge is -2.54. The van der Waals surface area contributed by atoms with E-state index in [9.17, 15) is 44.5 Å². The molecule has 51 heavy (non-hydrogen) atoms. The van der Waals surface area contributed by atoms with E-state index < -0.39 is 65.7 Å². The first-order valence-electron chi connectivity index (χ1n) is 16.1. The lowest BCUT2D eigenvalue weighted by molar-refractivity contribution is -0.385. The highest BCUT2D eigenvalue weighted by Crippen LogP contribution is 2.43. The molecule has 2 amide bonds. The maximum Gasteiger partial charge on any atom is 0.407 e. The number of amides is 2. The van der Waals surface area contributed by atoms with Gasteiger partial charge in [-0.25, -0.2) is 9.59 Å². The highest BCUT2D eigenvalue weighted by Gasteiger charge is 2.59. The molecule has 2 unspecified atom stereocenters. The third-order valence-electron chi connectivity index (χ3n) is 8.92. The molecule has 2 aromatic rings. The molecule has 0 spiro atoms. The summed E-state index contributed by atoms with van der Waals surface area (Å²) in [6.07, 6.45) is -3.47. The average Bonchev–Trinajstić information content (AvgIpc) is 3.04. The number of nitrogens with one attached hydrogen (secondary N) is 1. The Bertz CT molecular complexity index is 1600. The molecule has 2 aromatic carbocycles. The summed E-state index contributed by atoms with van der Waals surface area (Å²) >= 11 is 1.13. The van der Waals surface area contributed by atoms with Crippen molar-refractivity contribution in [2.45, 2.75) is 89.6 Å². The lowest BCUT2D eigenvalue weighted by Crippen LogP contribution is -2.73. The van der Waals surface area contributed by atoms with Gasteiger partial charge in [0.05, 0.1) is 33.2 Å². The Morgan fingerprint density at radius 3 is 1.90 bits per heavy atom. The highest BCUT2D eigenvalue weighted by atomic mass is 32.2. The van der Waals surface area contributed by atoms with Gasteiger partial charge in [0, 0.05) is 36.6 Å². The number of ketones is 1. The molecule has 0 saturated carbocycles. The number of aliphatic hydroxyl groups excluding tert-OH is 1. The van der Waals surface area contributed by atoms with Crippen LogP contribution >= 0.6 is 11.8 Å². The van der Waals surface area contributed by atoms with Gasteiger partial charge in [-0.2, -0.15) is 0 Å². The van der Waals surface area contributed by atoms with Crippen molar-refractivity contribution in [3.8, 4) is 0 Å². The van der Waals surface area contributed by atoms with Crippen LogP contribution in [0.3, 0.4) is 0 Å². The molecule has 0 radical (unpaired) electrons. The summed E-state index contributed by atoms with van der Waals surface area (Å²) in [5.74, 6) is -2.75. The van der Waals surface area contributed by atoms with E-state index in [0.29, 0.717) is 11.1 Å². The van der Waals surface area contributed by atoms with Crippen LogP contribution in [0.25, 0.3) is 0 Å². The molecule has 5 atom stereocenters. The number of hydrogen-bond acceptors (Lipinski definition) is 13. The molecule has 18 heteroatoms. The lowest BCUT2D eigenvalue weighted by atomic mass is 9.80. The number of carbonyl (C=O) groups is 4. The quantitative estimate of drug-likeness (QED) is 0.0560. The van der Waals surface area contributed by atoms with Crippen molar-refractivity contribution in [3.63, 3.8) is 0 Å². The number of β-lactam (4-membered cyclic amide) rings is 1. The van der Waals surface area contributed by atoms with Crippen LogP contribution in [0.1, 0.15) is 45.7 Å². The summed E-state index contributed by atoms with van der Waals surface area (Å²) in [4.78, 5) is 73.6. The van der Waals surface area contributed by atoms with Crippen molar-refractivity contribution in [1.82, 2.24) is 10.2 Å². The van der Waals surface area contributed by atoms with E-state index in [0.717, 1.165) is 16.7 Å². The van der Waals surface area contributed by atoms with Crippen LogP contribution in [0.5, 0.6) is 0 Å². The number of nitro benzene ring substituents is 2. The summed E-state index contributed by atoms with van der Waals surface area (Å²) in [5, 5.41) is 34.3. The largest absolute Gasteiger partial charge is 0.457 e. The predicted octanol–water partition coefficient (Wildman–Crippen LogP) is 4.72. The van der Waals surface area contributed by atoms with E-state index in [4.69, 9.17) is 13.9 Å². The first-order valence-corrected chi connectivity index (χ1v) is 20.0. The third-order valence-corrected chi connectivity index (χ3v) is 14.9. The molecule has 1 saturated heterocycles. The second-order valence-corrected chi connectivity index (χ2v) is 19.6. The molecule has 3 rings (SSSR count). The molecule has 1 fully saturated rings. The van der Waals surface area contributed by atoms with Gasteiger partial charge in [-0.1, -0.05) is 20.8 Å². The van der Waals surface area contributed by atoms with Crippen LogP contribution in [0.4, 0.5) is 16.2 Å². The fraction of sp³-hybridized carbons (Fsp3) is 0.515. The van der Waals surface area contributed by atoms with E-state index in [1.54, 1.807) is 6.92 Å². The van der Waals surface area contributed by atoms with Gasteiger partial charge < -0.3 is 29.2 Å². The topological polar surface area (TPSA) is 218 Å². The summed E-state index contributed by atoms with van der Waals surface area (Å²) in [5.41, 5.74) is 0.711. The Labute approximate surface area is 300 Å². The van der Waals surface area contributed by atoms with Crippen molar-refractivity contribution < 1.29 is 48.0 Å². The van der Waals surface area contributed by atoms with Crippen LogP contribution in [0.15, 0.2) is 48.5 Å². The van der Waals surface area contributed by atoms with Gasteiger partial charge in [-0.05, 0) is 67.4 Å². The van der Waals surface area contributed by atoms with Gasteiger partial charge in [0.2, 0.25) is 12.1 Å². The average molecular weight is 749 g/mol. The number of alkyl carbamates (subject to hydrolysis) is 1. The Balaban J connectivity index is 1.70. The minimum Gasteiger partial charge on any atom is -0.457 e. The SMILES string of the molecule is CC(=O)C(SCCNC(=O)OCc1ccc([N+](=O)[O-])cc1)[C@H]1[C@@H]([C@@H](C)O[Si](C)(C)C(C)(C)C)C(=O)N1C(O)C(=O)OCc1ccc([N+](=O)[O-])cc1. The van der Waals surface area contributed by atoms with E-state index in [1.807, 2.05) is 33.9 Å². The Hall–Kier alpha value is -4.39. The molecule has 1 aliphatic rings. The van der Waals surface area contributed by atoms with Gasteiger partial charge in [0.1, 0.15) is 19.0 Å². The molecule has 0 bridgehead atoms. The second kappa shape index (κ2) is 17.2. The first kappa shape index (κ1) is 41.0. The summed E-state index contributed by atoms with van der Waals surface area (Å²) in [6.45, 7) is 12.8. The number of non-ortho nitro benzene ring substituents is 2. The smallest absolute Gasteiger partial charge is 0.407 e. The number of hydrogen-bond donors (Lipinski definition) is 2. The fourth-order valence-electron chi connectivity index (χ4n) is 5.13. The Morgan fingerprint density at radius 2 is 1.45 bits per heavy atom. The number of aliphatic hydroxyl groups is 1. The normalized spacial score (nSPS) is 17.8. The zero-order valence-corrected chi connectivity index (χ0v) is 31.3. The number of nitro groups is 2. The van der Waals surface area contributed by atoms with Gasteiger partial charge in [-0.3, -0.25) is 29.8 Å². The monoisotopic (exact) mass is 748 g/mol. The fourth-order valence-corrected chi connectivity index (χ4v) is 7.77. The predicted molar refractivity (Wildman–Crippen MR) is 189 cm³/mol. The number of Topliss-reactive ketones (excluding diaryl/α,β-unsaturated/α-hetero) is 1. The molecule has 0 aliphatic carbocycles. The molecule has 1 heterocycles. The zero-order valence-electron chi connectivity index (χ0n) is 29.5.